The molecular weight excluding hydrogens is 233 g/mol. The second-order valence-electron chi connectivity index (χ2n) is 2.74. The van der Waals surface area contributed by atoms with Crippen LogP contribution in [0.25, 0.3) is 10.1 Å². The monoisotopic (exact) mass is 242 g/mol. The predicted octanol–water partition coefficient (Wildman–Crippen LogP) is -1.01. The topological polar surface area (TPSA) is 60.7 Å². The van der Waals surface area contributed by atoms with Crippen LogP contribution in [0.4, 0.5) is 0 Å². The third-order valence-electron chi connectivity index (χ3n) is 1.55. The van der Waals surface area contributed by atoms with E-state index in [1.165, 1.54) is 40.1 Å². The molecule has 3 N–H and O–H groups in total. The van der Waals surface area contributed by atoms with Gasteiger partial charge in [-0.25, -0.2) is 0 Å². The Hall–Kier alpha value is 1.12. The normalized spacial score (nSPS) is 8.87. The van der Waals surface area contributed by atoms with Gasteiger partial charge in [-0.1, -0.05) is 0 Å². The molecule has 2 rings (SSSR count). The first-order valence-corrected chi connectivity index (χ1v) is 5.90. The zero-order valence-electron chi connectivity index (χ0n) is 7.71. The minimum absolute atomic E-state index is 0. The molecule has 3 nitrogen and oxygen atoms in total. The molecule has 0 saturated carbocycles. The summed E-state index contributed by atoms with van der Waals surface area (Å²) < 4.78 is 2.95. The Morgan fingerprint density at radius 2 is 1.67 bits per heavy atom. The van der Waals surface area contributed by atoms with Gasteiger partial charge in [0.2, 0.25) is 0 Å². The van der Waals surface area contributed by atoms with Gasteiger partial charge in [-0.15, -0.1) is 0 Å². The van der Waals surface area contributed by atoms with Gasteiger partial charge in [0.1, 0.15) is 0 Å². The molecule has 0 saturated heterocycles. The van der Waals surface area contributed by atoms with Gasteiger partial charge >= 0.3 is 119 Å². The average molecular weight is 242 g/mol. The molecule has 15 heavy (non-hydrogen) atoms. The van der Waals surface area contributed by atoms with Gasteiger partial charge in [0.05, 0.1) is 0 Å². The van der Waals surface area contributed by atoms with Crippen molar-refractivity contribution in [1.82, 2.24) is 0 Å². The average Bonchev–Trinajstić information content (AvgIpc) is 2.42. The molecule has 0 unspecified atom stereocenters. The maximum atomic E-state index is 7.17. The zero-order chi connectivity index (χ0) is 10.6. The Labute approximate surface area is 132 Å². The van der Waals surface area contributed by atoms with Gasteiger partial charge in [-0.05, 0) is 0 Å². The summed E-state index contributed by atoms with van der Waals surface area (Å²) in [5.74, 6) is 0. The van der Waals surface area contributed by atoms with Crippen LogP contribution in [-0.4, -0.2) is 79.9 Å². The molecule has 0 atom stereocenters. The van der Waals surface area contributed by atoms with E-state index in [2.05, 4.69) is 30.3 Å². The van der Waals surface area contributed by atoms with E-state index in [-0.39, 0.29) is 29.6 Å². The van der Waals surface area contributed by atoms with Crippen molar-refractivity contribution in [3.63, 3.8) is 0 Å². The fourth-order valence-corrected chi connectivity index (χ4v) is 3.01. The summed E-state index contributed by atoms with van der Waals surface area (Å²) >= 11 is 3.09. The maximum absolute atomic E-state index is 7.17. The number of fused-ring (bicyclic) bond motifs is 1. The molecule has 0 amide bonds. The van der Waals surface area contributed by atoms with Crippen LogP contribution in [0.5, 0.6) is 0 Å². The van der Waals surface area contributed by atoms with Crippen LogP contribution in [-0.2, 0) is 0 Å². The molecule has 0 radical (unpaired) electrons. The molecule has 0 aliphatic carbocycles. The Kier molecular flexibility index (Phi) is 8.87. The van der Waals surface area contributed by atoms with Crippen molar-refractivity contribution in [2.24, 2.45) is 0 Å². The Balaban J connectivity index is 0.000000346. The van der Waals surface area contributed by atoms with E-state index < -0.39 is 7.32 Å². The molecule has 1 aromatic heterocycles. The van der Waals surface area contributed by atoms with Crippen LogP contribution in [0.2, 0.25) is 0 Å². The summed E-state index contributed by atoms with van der Waals surface area (Å²) in [5.41, 5.74) is 0. The molecule has 7 heteroatoms. The summed E-state index contributed by atoms with van der Waals surface area (Å²) in [7, 11) is -2.17. The van der Waals surface area contributed by atoms with Crippen molar-refractivity contribution in [2.75, 3.05) is 0 Å². The van der Waals surface area contributed by atoms with E-state index in [9.17, 15) is 0 Å². The third-order valence-corrected chi connectivity index (χ3v) is 3.48. The summed E-state index contributed by atoms with van der Waals surface area (Å²) in [4.78, 5) is 0. The number of hydrogen-bond acceptors (Lipinski definition) is 4. The SMILES string of the molecule is OB(O)O.[NaH].[Na][c]1cc2ccccc2s1. The first kappa shape index (κ1) is 16.1. The second kappa shape index (κ2) is 8.25. The van der Waals surface area contributed by atoms with E-state index in [0.717, 1.165) is 0 Å². The van der Waals surface area contributed by atoms with E-state index in [4.69, 9.17) is 15.1 Å². The van der Waals surface area contributed by atoms with Gasteiger partial charge in [0.25, 0.3) is 0 Å². The van der Waals surface area contributed by atoms with Crippen molar-refractivity contribution in [1.29, 1.82) is 0 Å². The van der Waals surface area contributed by atoms with Gasteiger partial charge < -0.3 is 15.1 Å². The summed E-state index contributed by atoms with van der Waals surface area (Å²) in [6.45, 7) is 0. The van der Waals surface area contributed by atoms with Crippen LogP contribution < -0.4 is 2.13 Å². The fraction of sp³-hybridized carbons (Fsp3) is 0. The molecule has 1 heterocycles. The molecule has 0 spiro atoms. The van der Waals surface area contributed by atoms with Crippen molar-refractivity contribution in [3.8, 4) is 0 Å². The molecule has 0 aliphatic heterocycles. The summed E-state index contributed by atoms with van der Waals surface area (Å²) in [6, 6.07) is 10.8. The van der Waals surface area contributed by atoms with E-state index in [1.807, 2.05) is 11.3 Å². The number of rotatable bonds is 0. The van der Waals surface area contributed by atoms with Gasteiger partial charge in [0, 0.05) is 0 Å². The Morgan fingerprint density at radius 3 is 2.20 bits per heavy atom. The van der Waals surface area contributed by atoms with Crippen LogP contribution in [0.3, 0.4) is 0 Å². The quantitative estimate of drug-likeness (QED) is 0.519. The Bertz CT molecular complexity index is 372. The van der Waals surface area contributed by atoms with E-state index in [1.54, 1.807) is 0 Å². The molecule has 0 aliphatic rings. The van der Waals surface area contributed by atoms with Crippen LogP contribution in [0.1, 0.15) is 0 Å². The molecule has 0 fully saturated rings. The second-order valence-corrected chi connectivity index (χ2v) is 5.83. The third kappa shape index (κ3) is 6.43. The molecule has 1 aromatic carbocycles. The molecule has 2 aromatic rings. The summed E-state index contributed by atoms with van der Waals surface area (Å²) in [5, 5.41) is 22.9. The van der Waals surface area contributed by atoms with Crippen molar-refractivity contribution < 1.29 is 15.1 Å². The first-order valence-electron chi connectivity index (χ1n) is 4.09. The van der Waals surface area contributed by atoms with E-state index in [0.29, 0.717) is 0 Å². The van der Waals surface area contributed by atoms with Gasteiger partial charge in [0.15, 0.2) is 0 Å². The summed E-state index contributed by atoms with van der Waals surface area (Å²) in [6.07, 6.45) is 0. The molecule has 0 bridgehead atoms. The van der Waals surface area contributed by atoms with Gasteiger partial charge in [-0.2, -0.15) is 0 Å². The van der Waals surface area contributed by atoms with E-state index >= 15 is 0 Å². The van der Waals surface area contributed by atoms with Gasteiger partial charge in [-0.3, -0.25) is 0 Å². The van der Waals surface area contributed by atoms with Crippen LogP contribution in [0, 0.1) is 0 Å². The minimum atomic E-state index is -2.17. The van der Waals surface area contributed by atoms with Crippen LogP contribution in [0.15, 0.2) is 30.3 Å². The number of hydrogen-bond donors (Lipinski definition) is 3. The zero-order valence-corrected chi connectivity index (χ0v) is 10.5. The standard InChI is InChI=1S/C8H5S.BH3O3.2Na.H/c1-2-4-8-7(3-1)5-6-9-8;2-1(3)4;;;/h1-5H;2-4H;;;. The number of thiophene rings is 1. The first-order chi connectivity index (χ1) is 6.59. The molecular formula is C8H9BNa2O3S. The van der Waals surface area contributed by atoms with Crippen molar-refractivity contribution in [3.05, 3.63) is 30.3 Å². The van der Waals surface area contributed by atoms with Crippen molar-refractivity contribution in [2.45, 2.75) is 0 Å². The molecule has 70 valence electrons. The predicted molar refractivity (Wildman–Crippen MR) is 66.8 cm³/mol. The number of benzene rings is 1. The fourth-order valence-electron chi connectivity index (χ4n) is 1.11. The van der Waals surface area contributed by atoms with Crippen molar-refractivity contribution >= 4 is 88.4 Å². The Morgan fingerprint density at radius 1 is 1.13 bits per heavy atom. The van der Waals surface area contributed by atoms with Crippen LogP contribution >= 0.6 is 11.3 Å².